The number of hydrogen-bond donors (Lipinski definition) is 1. The van der Waals surface area contributed by atoms with Crippen LogP contribution in [0.15, 0.2) is 48.5 Å². The van der Waals surface area contributed by atoms with Gasteiger partial charge in [-0.15, -0.1) is 0 Å². The third kappa shape index (κ3) is 9.05. The molecule has 3 aliphatic carbocycles. The van der Waals surface area contributed by atoms with Crippen LogP contribution in [0.2, 0.25) is 0 Å². The van der Waals surface area contributed by atoms with Crippen LogP contribution in [0.3, 0.4) is 0 Å². The van der Waals surface area contributed by atoms with Crippen LogP contribution in [-0.4, -0.2) is 23.8 Å². The Hall–Kier alpha value is -2.46. The van der Waals surface area contributed by atoms with Crippen LogP contribution in [0.5, 0.6) is 5.75 Å². The molecule has 0 saturated heterocycles. The normalized spacial score (nSPS) is 22.8. The van der Waals surface area contributed by atoms with Crippen molar-refractivity contribution in [1.29, 1.82) is 0 Å². The van der Waals surface area contributed by atoms with E-state index in [0.29, 0.717) is 43.1 Å². The largest absolute Gasteiger partial charge is 0.497 e. The molecule has 0 aliphatic heterocycles. The second-order valence-corrected chi connectivity index (χ2v) is 14.5. The Morgan fingerprint density at radius 3 is 2.14 bits per heavy atom. The molecule has 5 rings (SSSR count). The maximum atomic E-state index is 13.4. The second kappa shape index (κ2) is 16.2. The Kier molecular flexibility index (Phi) is 12.1. The summed E-state index contributed by atoms with van der Waals surface area (Å²) < 4.78 is 5.18. The zero-order valence-electron chi connectivity index (χ0n) is 27.4. The third-order valence-corrected chi connectivity index (χ3v) is 11.4. The first-order valence-electron chi connectivity index (χ1n) is 17.9. The molecule has 3 aliphatic rings. The van der Waals surface area contributed by atoms with Gasteiger partial charge in [0.2, 0.25) is 0 Å². The van der Waals surface area contributed by atoms with Gasteiger partial charge < -0.3 is 9.84 Å². The summed E-state index contributed by atoms with van der Waals surface area (Å²) in [5, 5.41) is 11.7. The average Bonchev–Trinajstić information content (AvgIpc) is 3.66. The number of ether oxygens (including phenoxy) is 1. The number of unbranched alkanes of at least 4 members (excludes halogenated alkanes) is 1. The minimum atomic E-state index is -0.624. The van der Waals surface area contributed by atoms with E-state index in [-0.39, 0.29) is 23.4 Å². The van der Waals surface area contributed by atoms with E-state index in [0.717, 1.165) is 29.6 Å². The number of hydrogen-bond acceptors (Lipinski definition) is 4. The summed E-state index contributed by atoms with van der Waals surface area (Å²) in [6.45, 7) is 2.03. The molecule has 3 saturated carbocycles. The van der Waals surface area contributed by atoms with Crippen molar-refractivity contribution in [2.45, 2.75) is 128 Å². The Bertz CT molecular complexity index is 1170. The summed E-state index contributed by atoms with van der Waals surface area (Å²) in [4.78, 5) is 26.0. The lowest BCUT2D eigenvalue weighted by Gasteiger charge is -2.30. The first kappa shape index (κ1) is 32.9. The highest BCUT2D eigenvalue weighted by atomic mass is 16.5. The maximum absolute atomic E-state index is 13.4. The molecule has 5 atom stereocenters. The standard InChI is InChI=1S/C40H56O4/c1-28(38(41)14-8-9-15-39(42)32-22-24-35(44-2)25-23-32)36(26-30-12-6-7-13-30)40(43)33-20-18-31(19-21-33)37-27-34(37)17-16-29-10-4-3-5-11-29/h18-25,28-30,34,36-37,40,43H,3-17,26-27H2,1-2H3/t28?,34?,36?,37?,40-/m1/s1. The lowest BCUT2D eigenvalue weighted by atomic mass is 9.76. The Morgan fingerprint density at radius 1 is 0.818 bits per heavy atom. The smallest absolute Gasteiger partial charge is 0.162 e. The molecule has 240 valence electrons. The molecular formula is C40H56O4. The fourth-order valence-corrected chi connectivity index (χ4v) is 8.30. The predicted molar refractivity (Wildman–Crippen MR) is 178 cm³/mol. The summed E-state index contributed by atoms with van der Waals surface area (Å²) in [6, 6.07) is 16.0. The van der Waals surface area contributed by atoms with Gasteiger partial charge in [0.15, 0.2) is 5.78 Å². The molecule has 2 aromatic carbocycles. The number of Topliss-reactive ketones (excluding diaryl/α,β-unsaturated/α-hetero) is 2. The van der Waals surface area contributed by atoms with Crippen LogP contribution in [-0.2, 0) is 4.79 Å². The molecule has 4 heteroatoms. The molecule has 4 nitrogen and oxygen atoms in total. The Balaban J connectivity index is 1.12. The number of carbonyl (C=O) groups is 2. The number of methoxy groups -OCH3 is 1. The maximum Gasteiger partial charge on any atom is 0.162 e. The molecule has 2 aromatic rings. The van der Waals surface area contributed by atoms with Gasteiger partial charge in [-0.25, -0.2) is 0 Å². The lowest BCUT2D eigenvalue weighted by molar-refractivity contribution is -0.126. The van der Waals surface area contributed by atoms with Gasteiger partial charge in [-0.05, 0) is 97.1 Å². The number of rotatable bonds is 17. The van der Waals surface area contributed by atoms with Gasteiger partial charge in [-0.3, -0.25) is 9.59 Å². The van der Waals surface area contributed by atoms with Gasteiger partial charge >= 0.3 is 0 Å². The van der Waals surface area contributed by atoms with E-state index in [9.17, 15) is 14.7 Å². The van der Waals surface area contributed by atoms with Gasteiger partial charge in [-0.1, -0.05) is 95.4 Å². The van der Waals surface area contributed by atoms with Crippen molar-refractivity contribution in [1.82, 2.24) is 0 Å². The first-order chi connectivity index (χ1) is 21.4. The summed E-state index contributed by atoms with van der Waals surface area (Å²) in [5.41, 5.74) is 3.07. The van der Waals surface area contributed by atoms with Crippen LogP contribution in [0.1, 0.15) is 150 Å². The van der Waals surface area contributed by atoms with Crippen molar-refractivity contribution in [3.8, 4) is 5.75 Å². The predicted octanol–water partition coefficient (Wildman–Crippen LogP) is 10.0. The molecule has 0 bridgehead atoms. The van der Waals surface area contributed by atoms with Crippen molar-refractivity contribution in [3.63, 3.8) is 0 Å². The molecule has 44 heavy (non-hydrogen) atoms. The quantitative estimate of drug-likeness (QED) is 0.145. The van der Waals surface area contributed by atoms with Crippen molar-refractivity contribution < 1.29 is 19.4 Å². The van der Waals surface area contributed by atoms with Crippen molar-refractivity contribution in [2.24, 2.45) is 29.6 Å². The second-order valence-electron chi connectivity index (χ2n) is 14.5. The lowest BCUT2D eigenvalue weighted by Crippen LogP contribution is -2.28. The Labute approximate surface area is 266 Å². The van der Waals surface area contributed by atoms with E-state index < -0.39 is 6.10 Å². The first-order valence-corrected chi connectivity index (χ1v) is 17.9. The molecular weight excluding hydrogens is 544 g/mol. The highest BCUT2D eigenvalue weighted by Crippen LogP contribution is 2.51. The van der Waals surface area contributed by atoms with Gasteiger partial charge in [0.1, 0.15) is 11.5 Å². The number of aliphatic hydroxyl groups is 1. The zero-order chi connectivity index (χ0) is 30.9. The molecule has 1 N–H and O–H groups in total. The Morgan fingerprint density at radius 2 is 1.45 bits per heavy atom. The molecule has 3 fully saturated rings. The number of benzene rings is 2. The number of aliphatic hydroxyl groups excluding tert-OH is 1. The highest BCUT2D eigenvalue weighted by Gasteiger charge is 2.38. The summed E-state index contributed by atoms with van der Waals surface area (Å²) in [6.07, 6.45) is 18.8. The van der Waals surface area contributed by atoms with E-state index in [4.69, 9.17) is 4.74 Å². The van der Waals surface area contributed by atoms with E-state index in [2.05, 4.69) is 24.3 Å². The van der Waals surface area contributed by atoms with E-state index in [1.165, 1.54) is 82.6 Å². The zero-order valence-corrected chi connectivity index (χ0v) is 27.4. The van der Waals surface area contributed by atoms with Crippen molar-refractivity contribution >= 4 is 11.6 Å². The molecule has 0 radical (unpaired) electrons. The summed E-state index contributed by atoms with van der Waals surface area (Å²) in [5.74, 6) is 3.89. The molecule has 0 spiro atoms. The molecule has 0 amide bonds. The van der Waals surface area contributed by atoms with Crippen molar-refractivity contribution in [2.75, 3.05) is 7.11 Å². The van der Waals surface area contributed by atoms with Crippen LogP contribution >= 0.6 is 0 Å². The van der Waals surface area contributed by atoms with E-state index >= 15 is 0 Å². The fourth-order valence-electron chi connectivity index (χ4n) is 8.30. The van der Waals surface area contributed by atoms with Crippen LogP contribution in [0.4, 0.5) is 0 Å². The molecule has 4 unspecified atom stereocenters. The summed E-state index contributed by atoms with van der Waals surface area (Å²) in [7, 11) is 1.62. The van der Waals surface area contributed by atoms with E-state index in [1.807, 2.05) is 19.1 Å². The monoisotopic (exact) mass is 600 g/mol. The minimum Gasteiger partial charge on any atom is -0.497 e. The van der Waals surface area contributed by atoms with Crippen molar-refractivity contribution in [3.05, 3.63) is 65.2 Å². The SMILES string of the molecule is COc1ccc(C(=O)CCCCC(=O)C(C)C(CC2CCCC2)[C@H](O)c2ccc(C3CC3CCC3CCCCC3)cc2)cc1. The van der Waals surface area contributed by atoms with Gasteiger partial charge in [0, 0.05) is 24.3 Å². The highest BCUT2D eigenvalue weighted by molar-refractivity contribution is 5.96. The molecule has 0 aromatic heterocycles. The van der Waals surface area contributed by atoms with Gasteiger partial charge in [0.25, 0.3) is 0 Å². The summed E-state index contributed by atoms with van der Waals surface area (Å²) >= 11 is 0. The average molecular weight is 601 g/mol. The molecule has 0 heterocycles. The number of carbonyl (C=O) groups excluding carboxylic acids is 2. The minimum absolute atomic E-state index is 0.0680. The van der Waals surface area contributed by atoms with Crippen LogP contribution in [0.25, 0.3) is 0 Å². The fraction of sp³-hybridized carbons (Fsp3) is 0.650. The van der Waals surface area contributed by atoms with Gasteiger partial charge in [0.05, 0.1) is 13.2 Å². The topological polar surface area (TPSA) is 63.6 Å². The van der Waals surface area contributed by atoms with Crippen LogP contribution < -0.4 is 4.74 Å². The van der Waals surface area contributed by atoms with E-state index in [1.54, 1.807) is 19.2 Å². The van der Waals surface area contributed by atoms with Gasteiger partial charge in [-0.2, -0.15) is 0 Å². The van der Waals surface area contributed by atoms with Crippen LogP contribution in [0, 0.1) is 29.6 Å². The number of ketones is 2. The third-order valence-electron chi connectivity index (χ3n) is 11.4.